The molecule has 2 fully saturated rings. The van der Waals surface area contributed by atoms with Gasteiger partial charge >= 0.3 is 0 Å². The summed E-state index contributed by atoms with van der Waals surface area (Å²) in [5.41, 5.74) is 0.976. The maximum atomic E-state index is 10.3. The van der Waals surface area contributed by atoms with E-state index in [4.69, 9.17) is 24.2 Å². The maximum Gasteiger partial charge on any atom is 0.191 e. The predicted molar refractivity (Wildman–Crippen MR) is 75.3 cm³/mol. The van der Waals surface area contributed by atoms with Crippen LogP contribution < -0.4 is 0 Å². The lowest BCUT2D eigenvalue weighted by atomic mass is 9.99. The molecule has 6 heteroatoms. The number of rotatable bonds is 3. The molecule has 2 unspecified atom stereocenters. The summed E-state index contributed by atoms with van der Waals surface area (Å²) < 4.78 is 22.7. The van der Waals surface area contributed by atoms with Crippen molar-refractivity contribution in [2.24, 2.45) is 0 Å². The summed E-state index contributed by atoms with van der Waals surface area (Å²) in [5, 5.41) is 19.4. The molecule has 118 valence electrons. The highest BCUT2D eigenvalue weighted by atomic mass is 16.8. The van der Waals surface area contributed by atoms with Crippen molar-refractivity contribution in [3.8, 4) is 6.07 Å². The van der Waals surface area contributed by atoms with Gasteiger partial charge in [0.1, 0.15) is 18.3 Å². The molecule has 1 N–H and O–H groups in total. The Morgan fingerprint density at radius 2 is 2.00 bits per heavy atom. The monoisotopic (exact) mass is 305 g/mol. The Labute approximate surface area is 129 Å². The zero-order chi connectivity index (χ0) is 15.7. The van der Waals surface area contributed by atoms with E-state index in [1.165, 1.54) is 0 Å². The summed E-state index contributed by atoms with van der Waals surface area (Å²) in [6, 6.07) is 11.5. The highest BCUT2D eigenvalue weighted by molar-refractivity contribution is 5.13. The number of nitriles is 1. The number of hydrogen-bond donors (Lipinski definition) is 1. The Morgan fingerprint density at radius 3 is 2.68 bits per heavy atom. The Morgan fingerprint density at radius 1 is 1.27 bits per heavy atom. The molecule has 2 aliphatic rings. The van der Waals surface area contributed by atoms with Crippen LogP contribution in [0.3, 0.4) is 0 Å². The summed E-state index contributed by atoms with van der Waals surface area (Å²) in [5.74, 6) is -0.840. The summed E-state index contributed by atoms with van der Waals surface area (Å²) in [7, 11) is 0. The van der Waals surface area contributed by atoms with Crippen LogP contribution in [0.2, 0.25) is 0 Å². The highest BCUT2D eigenvalue weighted by Gasteiger charge is 2.55. The van der Waals surface area contributed by atoms with Crippen molar-refractivity contribution in [1.29, 1.82) is 5.26 Å². The molecule has 0 saturated carbocycles. The van der Waals surface area contributed by atoms with Gasteiger partial charge < -0.3 is 24.1 Å². The minimum Gasteiger partial charge on any atom is -0.386 e. The fraction of sp³-hybridized carbons (Fsp3) is 0.562. The van der Waals surface area contributed by atoms with E-state index in [0.29, 0.717) is 6.61 Å². The van der Waals surface area contributed by atoms with E-state index >= 15 is 0 Å². The molecule has 0 radical (unpaired) electrons. The van der Waals surface area contributed by atoms with E-state index in [0.717, 1.165) is 5.56 Å². The second-order valence-corrected chi connectivity index (χ2v) is 5.91. The molecule has 1 aromatic carbocycles. The average Bonchev–Trinajstić information content (AvgIpc) is 2.81. The van der Waals surface area contributed by atoms with Crippen molar-refractivity contribution in [2.75, 3.05) is 0 Å². The Kier molecular flexibility index (Phi) is 4.17. The molecule has 3 rings (SSSR count). The van der Waals surface area contributed by atoms with Gasteiger partial charge in [-0.25, -0.2) is 0 Å². The molecule has 2 saturated heterocycles. The third-order valence-corrected chi connectivity index (χ3v) is 3.75. The molecule has 0 spiro atoms. The van der Waals surface area contributed by atoms with Crippen LogP contribution in [0.4, 0.5) is 0 Å². The first kappa shape index (κ1) is 15.4. The fourth-order valence-electron chi connectivity index (χ4n) is 2.74. The molecule has 22 heavy (non-hydrogen) atoms. The Balaban J connectivity index is 1.75. The molecule has 1 aromatic rings. The predicted octanol–water partition coefficient (Wildman–Crippen LogP) is 1.33. The number of ether oxygens (including phenoxy) is 4. The van der Waals surface area contributed by atoms with Gasteiger partial charge in [-0.15, -0.1) is 0 Å². The van der Waals surface area contributed by atoms with Crippen molar-refractivity contribution in [2.45, 2.75) is 56.9 Å². The maximum absolute atomic E-state index is 10.3. The van der Waals surface area contributed by atoms with Crippen molar-refractivity contribution in [3.05, 3.63) is 35.9 Å². The van der Waals surface area contributed by atoms with E-state index in [-0.39, 0.29) is 0 Å². The zero-order valence-corrected chi connectivity index (χ0v) is 12.5. The topological polar surface area (TPSA) is 80.9 Å². The largest absolute Gasteiger partial charge is 0.386 e. The number of fused-ring (bicyclic) bond motifs is 1. The van der Waals surface area contributed by atoms with Gasteiger partial charge in [-0.2, -0.15) is 5.26 Å². The third-order valence-electron chi connectivity index (χ3n) is 3.75. The lowest BCUT2D eigenvalue weighted by Gasteiger charge is -2.37. The fourth-order valence-corrected chi connectivity index (χ4v) is 2.74. The van der Waals surface area contributed by atoms with Gasteiger partial charge in [0, 0.05) is 0 Å². The van der Waals surface area contributed by atoms with Crippen LogP contribution in [-0.2, 0) is 25.6 Å². The van der Waals surface area contributed by atoms with Crippen LogP contribution in [0.25, 0.3) is 0 Å². The first-order valence-electron chi connectivity index (χ1n) is 7.24. The standard InChI is InChI=1S/C16H19NO5/c1-16(2)21-14-13(19-9-10-6-4-3-5-7-10)12(18)11(8-17)20-15(14)22-16/h3-7,11-15,18H,9H2,1-2H3/t11?,12-,13-,14?,15+/m0/s1. The lowest BCUT2D eigenvalue weighted by molar-refractivity contribution is -0.246. The molecular formula is C16H19NO5. The number of aliphatic hydroxyl groups is 1. The minimum atomic E-state index is -1.09. The number of aliphatic hydroxyl groups excluding tert-OH is 1. The molecule has 0 amide bonds. The molecule has 5 atom stereocenters. The van der Waals surface area contributed by atoms with Gasteiger partial charge in [0.2, 0.25) is 0 Å². The van der Waals surface area contributed by atoms with Gasteiger partial charge in [-0.05, 0) is 19.4 Å². The number of hydrogen-bond acceptors (Lipinski definition) is 6. The van der Waals surface area contributed by atoms with Crippen LogP contribution in [0.5, 0.6) is 0 Å². The summed E-state index contributed by atoms with van der Waals surface area (Å²) in [6.45, 7) is 3.83. The normalized spacial score (nSPS) is 36.5. The number of benzene rings is 1. The van der Waals surface area contributed by atoms with Crippen molar-refractivity contribution < 1.29 is 24.1 Å². The minimum absolute atomic E-state index is 0.313. The van der Waals surface area contributed by atoms with Crippen molar-refractivity contribution in [3.63, 3.8) is 0 Å². The van der Waals surface area contributed by atoms with Crippen molar-refractivity contribution >= 4 is 0 Å². The van der Waals surface area contributed by atoms with E-state index in [2.05, 4.69) is 0 Å². The number of nitrogens with zero attached hydrogens (tertiary/aromatic N) is 1. The van der Waals surface area contributed by atoms with Gasteiger partial charge in [0.25, 0.3) is 0 Å². The second-order valence-electron chi connectivity index (χ2n) is 5.91. The van der Waals surface area contributed by atoms with Gasteiger partial charge in [0.15, 0.2) is 18.2 Å². The summed E-state index contributed by atoms with van der Waals surface area (Å²) in [4.78, 5) is 0. The van der Waals surface area contributed by atoms with Gasteiger partial charge in [-0.3, -0.25) is 0 Å². The molecular weight excluding hydrogens is 286 g/mol. The lowest BCUT2D eigenvalue weighted by Crippen LogP contribution is -2.56. The van der Waals surface area contributed by atoms with E-state index in [1.807, 2.05) is 36.4 Å². The van der Waals surface area contributed by atoms with E-state index < -0.39 is 36.5 Å². The smallest absolute Gasteiger partial charge is 0.191 e. The molecule has 2 heterocycles. The van der Waals surface area contributed by atoms with Crippen LogP contribution >= 0.6 is 0 Å². The van der Waals surface area contributed by atoms with Crippen LogP contribution in [0, 0.1) is 11.3 Å². The van der Waals surface area contributed by atoms with E-state index in [1.54, 1.807) is 13.8 Å². The molecule has 0 aromatic heterocycles. The van der Waals surface area contributed by atoms with Crippen LogP contribution in [0.1, 0.15) is 19.4 Å². The molecule has 2 aliphatic heterocycles. The quantitative estimate of drug-likeness (QED) is 0.907. The first-order valence-corrected chi connectivity index (χ1v) is 7.24. The van der Waals surface area contributed by atoms with Crippen LogP contribution in [0.15, 0.2) is 30.3 Å². The highest BCUT2D eigenvalue weighted by Crippen LogP contribution is 2.37. The molecule has 6 nitrogen and oxygen atoms in total. The van der Waals surface area contributed by atoms with Gasteiger partial charge in [-0.1, -0.05) is 30.3 Å². The average molecular weight is 305 g/mol. The summed E-state index contributed by atoms with van der Waals surface area (Å²) in [6.07, 6.45) is -4.07. The second kappa shape index (κ2) is 5.95. The summed E-state index contributed by atoms with van der Waals surface area (Å²) >= 11 is 0. The SMILES string of the molecule is CC1(C)OC2[C@H](OC(C#N)[C@H](O)[C@@H]2OCc2ccccc2)O1. The van der Waals surface area contributed by atoms with Crippen molar-refractivity contribution in [1.82, 2.24) is 0 Å². The Hall–Kier alpha value is -1.49. The Bertz CT molecular complexity index is 555. The van der Waals surface area contributed by atoms with Crippen LogP contribution in [-0.4, -0.2) is 41.6 Å². The third kappa shape index (κ3) is 3.00. The molecule has 0 bridgehead atoms. The molecule has 0 aliphatic carbocycles. The first-order chi connectivity index (χ1) is 10.5. The van der Waals surface area contributed by atoms with E-state index in [9.17, 15) is 5.11 Å². The van der Waals surface area contributed by atoms with Gasteiger partial charge in [0.05, 0.1) is 12.7 Å². The zero-order valence-electron chi connectivity index (χ0n) is 12.5.